The molecule has 2 N–H and O–H groups in total. The second kappa shape index (κ2) is 13.1. The van der Waals surface area contributed by atoms with E-state index in [4.69, 9.17) is 32.7 Å². The third-order valence-electron chi connectivity index (χ3n) is 6.69. The van der Waals surface area contributed by atoms with Gasteiger partial charge in [0, 0.05) is 15.6 Å². The van der Waals surface area contributed by atoms with E-state index < -0.39 is 11.4 Å². The van der Waals surface area contributed by atoms with Crippen LogP contribution in [-0.2, 0) is 15.6 Å². The third-order valence-corrected chi connectivity index (χ3v) is 8.25. The first-order chi connectivity index (χ1) is 18.8. The molecule has 0 atom stereocenters. The zero-order chi connectivity index (χ0) is 31.6. The molecule has 0 radical (unpaired) electrons. The minimum absolute atomic E-state index is 0.0847. The minimum atomic E-state index is -1.16. The molecule has 0 aromatic heterocycles. The molecule has 222 valence electrons. The summed E-state index contributed by atoms with van der Waals surface area (Å²) in [5.74, 6) is -1.13. The number of hydrogen-bond donors (Lipinski definition) is 2. The van der Waals surface area contributed by atoms with Crippen LogP contribution in [0.4, 0.5) is 0 Å². The fraction of sp³-hybridized carbons (Fsp3) is 0.375. The first kappa shape index (κ1) is 34.5. The van der Waals surface area contributed by atoms with Crippen molar-refractivity contribution in [2.75, 3.05) is 14.2 Å². The molecule has 0 aliphatic rings. The van der Waals surface area contributed by atoms with Crippen molar-refractivity contribution in [3.05, 3.63) is 78.2 Å². The maximum absolute atomic E-state index is 11.9. The Morgan fingerprint density at radius 2 is 1.39 bits per heavy atom. The fourth-order valence-corrected chi connectivity index (χ4v) is 5.13. The molecule has 0 fully saturated rings. The predicted octanol–water partition coefficient (Wildman–Crippen LogP) is 9.52. The number of carbonyl (C=O) groups excluding carboxylic acids is 1. The summed E-state index contributed by atoms with van der Waals surface area (Å²) >= 11 is 15.5. The summed E-state index contributed by atoms with van der Waals surface area (Å²) in [6.07, 6.45) is 0. The minimum Gasteiger partial charge on any atom is -0.507 e. The Labute approximate surface area is 260 Å². The van der Waals surface area contributed by atoms with Gasteiger partial charge in [0.15, 0.2) is 0 Å². The molecular formula is C32H37BrCl2O6. The monoisotopic (exact) mass is 666 g/mol. The Kier molecular flexibility index (Phi) is 11.0. The van der Waals surface area contributed by atoms with Gasteiger partial charge in [-0.3, -0.25) is 0 Å². The van der Waals surface area contributed by atoms with E-state index in [0.29, 0.717) is 38.0 Å². The van der Waals surface area contributed by atoms with Gasteiger partial charge >= 0.3 is 11.9 Å². The number of carboxylic acids is 1. The molecular weight excluding hydrogens is 631 g/mol. The van der Waals surface area contributed by atoms with Gasteiger partial charge in [0.25, 0.3) is 0 Å². The molecule has 0 amide bonds. The van der Waals surface area contributed by atoms with Gasteiger partial charge in [0.05, 0.1) is 24.3 Å². The number of rotatable bonds is 4. The Morgan fingerprint density at radius 3 is 1.83 bits per heavy atom. The van der Waals surface area contributed by atoms with Crippen molar-refractivity contribution in [3.8, 4) is 22.6 Å². The van der Waals surface area contributed by atoms with Crippen molar-refractivity contribution in [1.82, 2.24) is 0 Å². The molecule has 3 rings (SSSR count). The van der Waals surface area contributed by atoms with Crippen LogP contribution in [0.5, 0.6) is 11.5 Å². The van der Waals surface area contributed by atoms with Crippen LogP contribution in [0.15, 0.2) is 34.8 Å². The smallest absolute Gasteiger partial charge is 0.341 e. The highest BCUT2D eigenvalue weighted by atomic mass is 79.9. The first-order valence-electron chi connectivity index (χ1n) is 12.8. The number of esters is 1. The molecule has 41 heavy (non-hydrogen) atoms. The van der Waals surface area contributed by atoms with Crippen molar-refractivity contribution in [2.45, 2.75) is 66.2 Å². The second-order valence-electron chi connectivity index (χ2n) is 11.7. The molecule has 0 spiro atoms. The SMILES string of the molecule is COC(=O)c1c(C)c(Br)cc(C(C)(C)C)c1OC.Cc1c(-c2ccc(Cl)c(Cl)c2)cc(C(C)(C)C)c(O)c1C(=O)O. The Morgan fingerprint density at radius 1 is 0.829 bits per heavy atom. The molecule has 6 nitrogen and oxygen atoms in total. The van der Waals surface area contributed by atoms with Crippen molar-refractivity contribution in [3.63, 3.8) is 0 Å². The molecule has 0 heterocycles. The highest BCUT2D eigenvalue weighted by molar-refractivity contribution is 9.10. The highest BCUT2D eigenvalue weighted by Crippen LogP contribution is 2.42. The molecule has 0 aliphatic heterocycles. The van der Waals surface area contributed by atoms with Crippen LogP contribution in [0.1, 0.15) is 84.5 Å². The zero-order valence-electron chi connectivity index (χ0n) is 25.0. The van der Waals surface area contributed by atoms with Gasteiger partial charge in [0.2, 0.25) is 0 Å². The number of hydrogen-bond acceptors (Lipinski definition) is 5. The maximum atomic E-state index is 11.9. The van der Waals surface area contributed by atoms with E-state index in [2.05, 4.69) is 36.7 Å². The topological polar surface area (TPSA) is 93.1 Å². The lowest BCUT2D eigenvalue weighted by molar-refractivity contribution is 0.0594. The van der Waals surface area contributed by atoms with Crippen LogP contribution in [-0.4, -0.2) is 36.4 Å². The maximum Gasteiger partial charge on any atom is 0.341 e. The normalized spacial score (nSPS) is 11.4. The van der Waals surface area contributed by atoms with Crippen LogP contribution in [0, 0.1) is 13.8 Å². The van der Waals surface area contributed by atoms with Crippen LogP contribution in [0.2, 0.25) is 10.0 Å². The van der Waals surface area contributed by atoms with E-state index in [-0.39, 0.29) is 22.7 Å². The Bertz CT molecular complexity index is 1480. The van der Waals surface area contributed by atoms with E-state index in [9.17, 15) is 19.8 Å². The summed E-state index contributed by atoms with van der Waals surface area (Å²) in [7, 11) is 2.95. The predicted molar refractivity (Wildman–Crippen MR) is 169 cm³/mol. The highest BCUT2D eigenvalue weighted by Gasteiger charge is 2.28. The van der Waals surface area contributed by atoms with Gasteiger partial charge in [-0.1, -0.05) is 86.7 Å². The largest absolute Gasteiger partial charge is 0.507 e. The summed E-state index contributed by atoms with van der Waals surface area (Å²) in [6, 6.07) is 8.97. The number of aromatic hydroxyl groups is 1. The lowest BCUT2D eigenvalue weighted by Crippen LogP contribution is -2.17. The van der Waals surface area contributed by atoms with Crippen molar-refractivity contribution in [1.29, 1.82) is 0 Å². The quantitative estimate of drug-likeness (QED) is 0.269. The lowest BCUT2D eigenvalue weighted by Gasteiger charge is -2.25. The third kappa shape index (κ3) is 7.56. The average molecular weight is 668 g/mol. The van der Waals surface area contributed by atoms with E-state index in [1.807, 2.05) is 39.8 Å². The number of ether oxygens (including phenoxy) is 2. The van der Waals surface area contributed by atoms with Gasteiger partial charge in [-0.05, 0) is 71.2 Å². The Balaban J connectivity index is 0.000000296. The van der Waals surface area contributed by atoms with E-state index in [1.54, 1.807) is 32.2 Å². The number of phenols is 1. The summed E-state index contributed by atoms with van der Waals surface area (Å²) in [5, 5.41) is 20.7. The van der Waals surface area contributed by atoms with E-state index >= 15 is 0 Å². The number of halogens is 3. The molecule has 0 aliphatic carbocycles. The van der Waals surface area contributed by atoms with Gasteiger partial charge < -0.3 is 19.7 Å². The number of benzene rings is 3. The summed E-state index contributed by atoms with van der Waals surface area (Å²) < 4.78 is 11.2. The van der Waals surface area contributed by atoms with Crippen LogP contribution < -0.4 is 4.74 Å². The molecule has 0 saturated carbocycles. The molecule has 0 bridgehead atoms. The van der Waals surface area contributed by atoms with Gasteiger partial charge in [-0.2, -0.15) is 0 Å². The van der Waals surface area contributed by atoms with Crippen LogP contribution in [0.3, 0.4) is 0 Å². The summed E-state index contributed by atoms with van der Waals surface area (Å²) in [5.41, 5.74) is 4.20. The second-order valence-corrected chi connectivity index (χ2v) is 13.4. The Hall–Kier alpha value is -2.74. The number of carboxylic acid groups (broad SMARTS) is 1. The van der Waals surface area contributed by atoms with Gasteiger partial charge in [-0.15, -0.1) is 0 Å². The average Bonchev–Trinajstić information content (AvgIpc) is 2.85. The number of methoxy groups -OCH3 is 2. The lowest BCUT2D eigenvalue weighted by atomic mass is 9.81. The molecule has 3 aromatic carbocycles. The van der Waals surface area contributed by atoms with Crippen molar-refractivity contribution < 1.29 is 29.3 Å². The van der Waals surface area contributed by atoms with Crippen LogP contribution >= 0.6 is 39.1 Å². The number of aromatic carboxylic acids is 1. The summed E-state index contributed by atoms with van der Waals surface area (Å²) in [6.45, 7) is 15.5. The van der Waals surface area contributed by atoms with E-state index in [1.165, 1.54) is 7.11 Å². The molecule has 3 aromatic rings. The fourth-order valence-electron chi connectivity index (χ4n) is 4.41. The van der Waals surface area contributed by atoms with Crippen LogP contribution in [0.25, 0.3) is 11.1 Å². The zero-order valence-corrected chi connectivity index (χ0v) is 28.1. The molecule has 9 heteroatoms. The molecule has 0 unspecified atom stereocenters. The number of carbonyl (C=O) groups is 2. The summed E-state index contributed by atoms with van der Waals surface area (Å²) in [4.78, 5) is 23.5. The van der Waals surface area contributed by atoms with Crippen molar-refractivity contribution in [2.24, 2.45) is 0 Å². The standard InChI is InChI=1S/C18H18Cl2O3.C14H19BrO3/c1-9-11(10-5-6-13(19)14(20)7-10)8-12(18(2,3)4)16(21)15(9)17(22)23;1-8-10(15)7-9(14(2,3)4)12(17-5)11(8)13(16)18-6/h5-8,21H,1-4H3,(H,22,23);7H,1-6H3. The molecule has 0 saturated heterocycles. The van der Waals surface area contributed by atoms with Gasteiger partial charge in [0.1, 0.15) is 22.6 Å². The first-order valence-corrected chi connectivity index (χ1v) is 14.3. The van der Waals surface area contributed by atoms with Crippen molar-refractivity contribution >= 4 is 51.1 Å². The van der Waals surface area contributed by atoms with E-state index in [0.717, 1.165) is 21.2 Å². The van der Waals surface area contributed by atoms with Gasteiger partial charge in [-0.25, -0.2) is 9.59 Å².